The number of hydrogen-bond donors (Lipinski definition) is 2. The molecule has 0 saturated carbocycles. The number of nitrogens with one attached hydrogen (secondary N) is 2. The van der Waals surface area contributed by atoms with Crippen LogP contribution in [0.1, 0.15) is 0 Å². The van der Waals surface area contributed by atoms with E-state index in [4.69, 9.17) is 0 Å². The van der Waals surface area contributed by atoms with Gasteiger partial charge in [0.1, 0.15) is 11.0 Å². The SMILES string of the molecule is [O-]Nc1ccc2n[nH]nc2c1. The molecule has 0 bridgehead atoms. The second-order valence-electron chi connectivity index (χ2n) is 2.13. The molecule has 0 amide bonds. The van der Waals surface area contributed by atoms with E-state index in [0.29, 0.717) is 11.2 Å². The summed E-state index contributed by atoms with van der Waals surface area (Å²) < 4.78 is 0. The average molecular weight is 149 g/mol. The summed E-state index contributed by atoms with van der Waals surface area (Å²) in [6.07, 6.45) is 0. The van der Waals surface area contributed by atoms with Crippen molar-refractivity contribution in [2.75, 3.05) is 5.48 Å². The van der Waals surface area contributed by atoms with Crippen molar-refractivity contribution in [2.24, 2.45) is 0 Å². The lowest BCUT2D eigenvalue weighted by atomic mass is 10.3. The Hall–Kier alpha value is -1.62. The Bertz CT molecular complexity index is 369. The van der Waals surface area contributed by atoms with E-state index in [2.05, 4.69) is 15.4 Å². The topological polar surface area (TPSA) is 76.7 Å². The molecular formula is C6H5N4O-. The first-order valence-electron chi connectivity index (χ1n) is 3.09. The molecule has 2 N–H and O–H groups in total. The van der Waals surface area contributed by atoms with Gasteiger partial charge in [0.05, 0.1) is 0 Å². The zero-order valence-corrected chi connectivity index (χ0v) is 5.53. The van der Waals surface area contributed by atoms with Crippen molar-refractivity contribution >= 4 is 16.7 Å². The largest absolute Gasteiger partial charge is 0.761 e. The van der Waals surface area contributed by atoms with E-state index in [1.165, 1.54) is 0 Å². The second-order valence-corrected chi connectivity index (χ2v) is 2.13. The van der Waals surface area contributed by atoms with E-state index in [1.807, 2.05) is 0 Å². The molecule has 56 valence electrons. The molecule has 0 spiro atoms. The number of aromatic amines is 1. The number of H-pyrrole nitrogens is 1. The quantitative estimate of drug-likeness (QED) is 0.589. The van der Waals surface area contributed by atoms with Gasteiger partial charge in [-0.15, -0.1) is 0 Å². The van der Waals surface area contributed by atoms with Crippen molar-refractivity contribution in [3.8, 4) is 0 Å². The Labute approximate surface area is 62.0 Å². The van der Waals surface area contributed by atoms with Crippen LogP contribution in [0.25, 0.3) is 11.0 Å². The number of anilines is 1. The smallest absolute Gasteiger partial charge is 0.114 e. The predicted molar refractivity (Wildman–Crippen MR) is 40.9 cm³/mol. The van der Waals surface area contributed by atoms with E-state index in [9.17, 15) is 5.21 Å². The lowest BCUT2D eigenvalue weighted by Crippen LogP contribution is -1.83. The molecule has 11 heavy (non-hydrogen) atoms. The van der Waals surface area contributed by atoms with E-state index >= 15 is 0 Å². The molecule has 1 aromatic carbocycles. The fraction of sp³-hybridized carbons (Fsp3) is 0. The maximum atomic E-state index is 10.2. The minimum absolute atomic E-state index is 0.492. The molecule has 0 saturated heterocycles. The highest BCUT2D eigenvalue weighted by atomic mass is 16.5. The van der Waals surface area contributed by atoms with Gasteiger partial charge in [-0.1, -0.05) is 0 Å². The highest BCUT2D eigenvalue weighted by Gasteiger charge is 1.95. The molecular weight excluding hydrogens is 144 g/mol. The van der Waals surface area contributed by atoms with Crippen LogP contribution >= 0.6 is 0 Å². The molecule has 1 aromatic heterocycles. The summed E-state index contributed by atoms with van der Waals surface area (Å²) >= 11 is 0. The minimum Gasteiger partial charge on any atom is -0.761 e. The molecule has 2 aromatic rings. The van der Waals surface area contributed by atoms with Crippen molar-refractivity contribution < 1.29 is 0 Å². The third-order valence-electron chi connectivity index (χ3n) is 1.43. The first kappa shape index (κ1) is 6.11. The normalized spacial score (nSPS) is 10.3. The summed E-state index contributed by atoms with van der Waals surface area (Å²) in [4.78, 5) is 0. The van der Waals surface area contributed by atoms with E-state index in [1.54, 1.807) is 23.7 Å². The molecule has 0 aliphatic heterocycles. The number of aromatic nitrogens is 3. The Kier molecular flexibility index (Phi) is 1.23. The highest BCUT2D eigenvalue weighted by molar-refractivity contribution is 5.77. The van der Waals surface area contributed by atoms with Gasteiger partial charge in [0, 0.05) is 5.69 Å². The predicted octanol–water partition coefficient (Wildman–Crippen LogP) is 0.868. The minimum atomic E-state index is 0.492. The van der Waals surface area contributed by atoms with Crippen molar-refractivity contribution in [3.05, 3.63) is 23.4 Å². The summed E-state index contributed by atoms with van der Waals surface area (Å²) in [7, 11) is 0. The molecule has 0 radical (unpaired) electrons. The van der Waals surface area contributed by atoms with Gasteiger partial charge in [-0.3, -0.25) is 0 Å². The van der Waals surface area contributed by atoms with Crippen molar-refractivity contribution in [1.29, 1.82) is 0 Å². The van der Waals surface area contributed by atoms with E-state index < -0.39 is 0 Å². The van der Waals surface area contributed by atoms with Crippen LogP contribution in [0.15, 0.2) is 18.2 Å². The Morgan fingerprint density at radius 2 is 2.09 bits per heavy atom. The molecule has 5 nitrogen and oxygen atoms in total. The molecule has 0 unspecified atom stereocenters. The number of benzene rings is 1. The van der Waals surface area contributed by atoms with Crippen molar-refractivity contribution in [1.82, 2.24) is 15.4 Å². The van der Waals surface area contributed by atoms with Gasteiger partial charge in [0.2, 0.25) is 0 Å². The summed E-state index contributed by atoms with van der Waals surface area (Å²) in [5.74, 6) is 0. The van der Waals surface area contributed by atoms with Gasteiger partial charge in [0.15, 0.2) is 0 Å². The number of hydrogen-bond acceptors (Lipinski definition) is 4. The first-order valence-corrected chi connectivity index (χ1v) is 3.09. The van der Waals surface area contributed by atoms with Crippen LogP contribution in [-0.4, -0.2) is 15.4 Å². The fourth-order valence-electron chi connectivity index (χ4n) is 0.904. The molecule has 2 rings (SSSR count). The monoisotopic (exact) mass is 149 g/mol. The van der Waals surface area contributed by atoms with Crippen molar-refractivity contribution in [2.45, 2.75) is 0 Å². The fourth-order valence-corrected chi connectivity index (χ4v) is 0.904. The lowest BCUT2D eigenvalue weighted by Gasteiger charge is -2.06. The van der Waals surface area contributed by atoms with Crippen LogP contribution in [0, 0.1) is 5.21 Å². The number of fused-ring (bicyclic) bond motifs is 1. The summed E-state index contributed by atoms with van der Waals surface area (Å²) in [6, 6.07) is 5.00. The number of rotatable bonds is 1. The Morgan fingerprint density at radius 1 is 1.27 bits per heavy atom. The van der Waals surface area contributed by atoms with Gasteiger partial charge < -0.3 is 10.7 Å². The number of nitrogens with zero attached hydrogens (tertiary/aromatic N) is 2. The zero-order chi connectivity index (χ0) is 7.68. The second kappa shape index (κ2) is 2.21. The summed E-state index contributed by atoms with van der Waals surface area (Å²) in [6.45, 7) is 0. The van der Waals surface area contributed by atoms with Gasteiger partial charge in [-0.2, -0.15) is 15.4 Å². The molecule has 0 atom stereocenters. The van der Waals surface area contributed by atoms with Crippen LogP contribution in [0.2, 0.25) is 0 Å². The highest BCUT2D eigenvalue weighted by Crippen LogP contribution is 2.13. The van der Waals surface area contributed by atoms with E-state index in [-0.39, 0.29) is 0 Å². The molecule has 0 aliphatic rings. The zero-order valence-electron chi connectivity index (χ0n) is 5.53. The van der Waals surface area contributed by atoms with Crippen LogP contribution < -0.4 is 5.48 Å². The molecule has 0 aliphatic carbocycles. The summed E-state index contributed by atoms with van der Waals surface area (Å²) in [5.41, 5.74) is 3.71. The van der Waals surface area contributed by atoms with Gasteiger partial charge in [-0.05, 0) is 18.2 Å². The van der Waals surface area contributed by atoms with Gasteiger partial charge in [0.25, 0.3) is 0 Å². The average Bonchev–Trinajstić information content (AvgIpc) is 2.50. The van der Waals surface area contributed by atoms with Crippen LogP contribution in [-0.2, 0) is 0 Å². The van der Waals surface area contributed by atoms with Crippen LogP contribution in [0.3, 0.4) is 0 Å². The van der Waals surface area contributed by atoms with Gasteiger partial charge in [-0.25, -0.2) is 0 Å². The third-order valence-corrected chi connectivity index (χ3v) is 1.43. The maximum Gasteiger partial charge on any atom is 0.114 e. The molecule has 1 heterocycles. The van der Waals surface area contributed by atoms with Crippen molar-refractivity contribution in [3.63, 3.8) is 0 Å². The van der Waals surface area contributed by atoms with E-state index in [0.717, 1.165) is 5.52 Å². The molecule has 5 heteroatoms. The van der Waals surface area contributed by atoms with Crippen LogP contribution in [0.5, 0.6) is 0 Å². The standard InChI is InChI=1S/C6H5N4O/c11-9-4-1-2-5-6(3-4)8-10-7-5/h1-3,9H,(H,7,8,10)/q-1. The Balaban J connectivity index is 2.67. The maximum absolute atomic E-state index is 10.2. The first-order chi connectivity index (χ1) is 5.40. The molecule has 0 fully saturated rings. The lowest BCUT2D eigenvalue weighted by molar-refractivity contribution is 0.959. The summed E-state index contributed by atoms with van der Waals surface area (Å²) in [5, 5.41) is 20.3. The Morgan fingerprint density at radius 3 is 2.91 bits per heavy atom. The third kappa shape index (κ3) is 0.908. The van der Waals surface area contributed by atoms with Crippen LogP contribution in [0.4, 0.5) is 5.69 Å². The van der Waals surface area contributed by atoms with Gasteiger partial charge >= 0.3 is 0 Å².